The van der Waals surface area contributed by atoms with Gasteiger partial charge >= 0.3 is 0 Å². The minimum Gasteiger partial charge on any atom is -0.282 e. The molecular formula is C14H14N4O. The average molecular weight is 254 g/mol. The zero-order valence-corrected chi connectivity index (χ0v) is 10.5. The van der Waals surface area contributed by atoms with Crippen LogP contribution >= 0.6 is 0 Å². The molecule has 1 heterocycles. The molecule has 0 saturated carbocycles. The molecule has 1 amide bonds. The Bertz CT molecular complexity index is 599. The first-order valence-corrected chi connectivity index (χ1v) is 5.83. The Labute approximate surface area is 111 Å². The number of hydrogen-bond donors (Lipinski definition) is 2. The number of H-pyrrole nitrogens is 1. The van der Waals surface area contributed by atoms with Gasteiger partial charge in [0.1, 0.15) is 0 Å². The molecule has 1 aromatic carbocycles. The lowest BCUT2D eigenvalue weighted by Crippen LogP contribution is -2.17. The van der Waals surface area contributed by atoms with Crippen molar-refractivity contribution < 1.29 is 4.79 Å². The van der Waals surface area contributed by atoms with Crippen LogP contribution < -0.4 is 5.43 Å². The molecule has 5 heteroatoms. The van der Waals surface area contributed by atoms with E-state index in [9.17, 15) is 4.79 Å². The van der Waals surface area contributed by atoms with Crippen molar-refractivity contribution in [1.29, 1.82) is 0 Å². The molecule has 0 aliphatic heterocycles. The third-order valence-electron chi connectivity index (χ3n) is 2.35. The number of amides is 1. The standard InChI is InChI=1S/C14H14N4O/c1-11-10-13(17-16-11)14(19)18-15-9-5-8-12-6-3-2-4-7-12/h2-10H,1H3,(H,16,17)(H,18,19)/b8-5+,15-9-. The lowest BCUT2D eigenvalue weighted by atomic mass is 10.2. The molecule has 19 heavy (non-hydrogen) atoms. The highest BCUT2D eigenvalue weighted by Gasteiger charge is 2.06. The van der Waals surface area contributed by atoms with Gasteiger partial charge in [-0.3, -0.25) is 9.89 Å². The quantitative estimate of drug-likeness (QED) is 0.648. The van der Waals surface area contributed by atoms with Crippen LogP contribution in [0, 0.1) is 6.92 Å². The monoisotopic (exact) mass is 254 g/mol. The van der Waals surface area contributed by atoms with Crippen molar-refractivity contribution in [3.63, 3.8) is 0 Å². The van der Waals surface area contributed by atoms with Gasteiger partial charge in [-0.2, -0.15) is 10.2 Å². The van der Waals surface area contributed by atoms with E-state index >= 15 is 0 Å². The molecule has 0 unspecified atom stereocenters. The number of hydrazone groups is 1. The SMILES string of the molecule is Cc1cc(C(=O)N/N=C\C=C\c2ccccc2)n[nH]1. The Hall–Kier alpha value is -2.69. The van der Waals surface area contributed by atoms with Crippen molar-refractivity contribution in [2.75, 3.05) is 0 Å². The molecular weight excluding hydrogens is 240 g/mol. The minimum absolute atomic E-state index is 0.321. The van der Waals surface area contributed by atoms with Gasteiger partial charge in [-0.15, -0.1) is 0 Å². The maximum absolute atomic E-state index is 11.6. The van der Waals surface area contributed by atoms with Crippen LogP contribution in [0.25, 0.3) is 6.08 Å². The topological polar surface area (TPSA) is 70.1 Å². The summed E-state index contributed by atoms with van der Waals surface area (Å²) >= 11 is 0. The number of nitrogens with zero attached hydrogens (tertiary/aromatic N) is 2. The van der Waals surface area contributed by atoms with Crippen LogP contribution in [0.5, 0.6) is 0 Å². The molecule has 2 N–H and O–H groups in total. The summed E-state index contributed by atoms with van der Waals surface area (Å²) in [6, 6.07) is 11.5. The molecule has 2 aromatic rings. The first kappa shape index (κ1) is 12.8. The number of aryl methyl sites for hydroxylation is 1. The Morgan fingerprint density at radius 1 is 1.37 bits per heavy atom. The van der Waals surface area contributed by atoms with E-state index in [2.05, 4.69) is 20.7 Å². The second-order valence-electron chi connectivity index (χ2n) is 3.93. The third kappa shape index (κ3) is 3.92. The summed E-state index contributed by atoms with van der Waals surface area (Å²) in [5.74, 6) is -0.339. The molecule has 5 nitrogen and oxygen atoms in total. The van der Waals surface area contributed by atoms with Crippen LogP contribution in [0.15, 0.2) is 47.6 Å². The highest BCUT2D eigenvalue weighted by Crippen LogP contribution is 1.99. The van der Waals surface area contributed by atoms with E-state index in [0.717, 1.165) is 11.3 Å². The number of carbonyl (C=O) groups is 1. The maximum atomic E-state index is 11.6. The summed E-state index contributed by atoms with van der Waals surface area (Å²) in [6.07, 6.45) is 5.17. The van der Waals surface area contributed by atoms with E-state index in [4.69, 9.17) is 0 Å². The number of nitrogens with one attached hydrogen (secondary N) is 2. The van der Waals surface area contributed by atoms with Crippen LogP contribution in [0.3, 0.4) is 0 Å². The second kappa shape index (κ2) is 6.30. The smallest absolute Gasteiger partial charge is 0.282 e. The number of hydrogen-bond acceptors (Lipinski definition) is 3. The highest BCUT2D eigenvalue weighted by molar-refractivity contribution is 5.92. The number of allylic oxidation sites excluding steroid dienone is 1. The molecule has 2 rings (SSSR count). The second-order valence-corrected chi connectivity index (χ2v) is 3.93. The molecule has 0 fully saturated rings. The zero-order valence-electron chi connectivity index (χ0n) is 10.5. The fourth-order valence-electron chi connectivity index (χ4n) is 1.45. The lowest BCUT2D eigenvalue weighted by molar-refractivity contribution is 0.0950. The fourth-order valence-corrected chi connectivity index (χ4v) is 1.45. The number of carbonyl (C=O) groups excluding carboxylic acids is 1. The fraction of sp³-hybridized carbons (Fsp3) is 0.0714. The number of aromatic nitrogens is 2. The van der Waals surface area contributed by atoms with Gasteiger partial charge in [-0.1, -0.05) is 36.4 Å². The predicted octanol–water partition coefficient (Wildman–Crippen LogP) is 2.15. The Morgan fingerprint density at radius 2 is 2.16 bits per heavy atom. The Morgan fingerprint density at radius 3 is 2.84 bits per heavy atom. The number of aromatic amines is 1. The van der Waals surface area contributed by atoms with Crippen LogP contribution in [-0.4, -0.2) is 22.3 Å². The van der Waals surface area contributed by atoms with E-state index in [1.54, 1.807) is 12.1 Å². The summed E-state index contributed by atoms with van der Waals surface area (Å²) in [4.78, 5) is 11.6. The highest BCUT2D eigenvalue weighted by atomic mass is 16.2. The van der Waals surface area contributed by atoms with Crippen molar-refractivity contribution in [2.24, 2.45) is 5.10 Å². The Kier molecular flexibility index (Phi) is 4.23. The minimum atomic E-state index is -0.339. The number of benzene rings is 1. The van der Waals surface area contributed by atoms with E-state index in [1.165, 1.54) is 6.21 Å². The Balaban J connectivity index is 1.84. The predicted molar refractivity (Wildman–Crippen MR) is 74.8 cm³/mol. The van der Waals surface area contributed by atoms with Crippen molar-refractivity contribution in [2.45, 2.75) is 6.92 Å². The first-order valence-electron chi connectivity index (χ1n) is 5.83. The first-order chi connectivity index (χ1) is 9.25. The lowest BCUT2D eigenvalue weighted by Gasteiger charge is -1.92. The van der Waals surface area contributed by atoms with Gasteiger partial charge in [0.2, 0.25) is 0 Å². The number of rotatable bonds is 4. The molecule has 0 radical (unpaired) electrons. The molecule has 0 aliphatic carbocycles. The molecule has 0 saturated heterocycles. The molecule has 1 aromatic heterocycles. The molecule has 0 atom stereocenters. The summed E-state index contributed by atoms with van der Waals surface area (Å²) in [7, 11) is 0. The van der Waals surface area contributed by atoms with Crippen LogP contribution in [0.2, 0.25) is 0 Å². The van der Waals surface area contributed by atoms with Crippen LogP contribution in [0.1, 0.15) is 21.7 Å². The summed E-state index contributed by atoms with van der Waals surface area (Å²) in [5.41, 5.74) is 4.62. The molecule has 0 bridgehead atoms. The van der Waals surface area contributed by atoms with Gasteiger partial charge in [-0.05, 0) is 24.6 Å². The van der Waals surface area contributed by atoms with Gasteiger partial charge < -0.3 is 0 Å². The maximum Gasteiger partial charge on any atom is 0.291 e. The van der Waals surface area contributed by atoms with Gasteiger partial charge in [0, 0.05) is 11.9 Å². The average Bonchev–Trinajstić information content (AvgIpc) is 2.86. The van der Waals surface area contributed by atoms with Gasteiger partial charge in [0.15, 0.2) is 5.69 Å². The van der Waals surface area contributed by atoms with Crippen LogP contribution in [-0.2, 0) is 0 Å². The molecule has 0 spiro atoms. The van der Waals surface area contributed by atoms with E-state index in [0.29, 0.717) is 5.69 Å². The zero-order chi connectivity index (χ0) is 13.5. The van der Waals surface area contributed by atoms with Crippen molar-refractivity contribution in [1.82, 2.24) is 15.6 Å². The van der Waals surface area contributed by atoms with Crippen molar-refractivity contribution in [3.05, 3.63) is 59.4 Å². The molecule has 96 valence electrons. The van der Waals surface area contributed by atoms with Gasteiger partial charge in [-0.25, -0.2) is 5.43 Å². The van der Waals surface area contributed by atoms with Crippen molar-refractivity contribution >= 4 is 18.2 Å². The van der Waals surface area contributed by atoms with E-state index in [1.807, 2.05) is 43.3 Å². The van der Waals surface area contributed by atoms with Crippen molar-refractivity contribution in [3.8, 4) is 0 Å². The largest absolute Gasteiger partial charge is 0.291 e. The van der Waals surface area contributed by atoms with E-state index < -0.39 is 0 Å². The summed E-state index contributed by atoms with van der Waals surface area (Å²) in [5, 5.41) is 10.3. The van der Waals surface area contributed by atoms with E-state index in [-0.39, 0.29) is 5.91 Å². The van der Waals surface area contributed by atoms with Crippen LogP contribution in [0.4, 0.5) is 0 Å². The van der Waals surface area contributed by atoms with Gasteiger partial charge in [0.05, 0.1) is 0 Å². The van der Waals surface area contributed by atoms with Gasteiger partial charge in [0.25, 0.3) is 5.91 Å². The third-order valence-corrected chi connectivity index (χ3v) is 2.35. The summed E-state index contributed by atoms with van der Waals surface area (Å²) < 4.78 is 0. The summed E-state index contributed by atoms with van der Waals surface area (Å²) in [6.45, 7) is 1.83. The molecule has 0 aliphatic rings. The normalized spacial score (nSPS) is 11.2.